The summed E-state index contributed by atoms with van der Waals surface area (Å²) in [6.45, 7) is 7.05. The van der Waals surface area contributed by atoms with Gasteiger partial charge in [0, 0.05) is 16.3 Å². The number of rotatable bonds is 6. The number of esters is 1. The molecule has 0 fully saturated rings. The van der Waals surface area contributed by atoms with Crippen molar-refractivity contribution >= 4 is 29.2 Å². The molecule has 0 aromatic heterocycles. The van der Waals surface area contributed by atoms with Crippen molar-refractivity contribution < 1.29 is 19.1 Å². The van der Waals surface area contributed by atoms with E-state index in [1.807, 2.05) is 6.92 Å². The lowest BCUT2D eigenvalue weighted by Crippen LogP contribution is -2.28. The highest BCUT2D eigenvalue weighted by Crippen LogP contribution is 2.21. The van der Waals surface area contributed by atoms with E-state index < -0.39 is 12.1 Å². The van der Waals surface area contributed by atoms with E-state index in [0.29, 0.717) is 22.0 Å². The number of ether oxygens (including phenoxy) is 2. The molecule has 26 heavy (non-hydrogen) atoms. The summed E-state index contributed by atoms with van der Waals surface area (Å²) in [5, 5.41) is 3.46. The number of halogens is 1. The number of hydrogen-bond acceptors (Lipinski definition) is 4. The van der Waals surface area contributed by atoms with Crippen molar-refractivity contribution in [2.75, 3.05) is 5.32 Å². The van der Waals surface area contributed by atoms with E-state index in [2.05, 4.69) is 5.32 Å². The molecule has 0 saturated carbocycles. The summed E-state index contributed by atoms with van der Waals surface area (Å²) in [5.74, 6) is -0.188. The zero-order valence-corrected chi connectivity index (χ0v) is 16.0. The minimum absolute atomic E-state index is 0.198. The Morgan fingerprint density at radius 1 is 1.04 bits per heavy atom. The molecule has 0 unspecified atom stereocenters. The van der Waals surface area contributed by atoms with Gasteiger partial charge < -0.3 is 14.8 Å². The molecule has 1 amide bonds. The highest BCUT2D eigenvalue weighted by Gasteiger charge is 2.18. The zero-order chi connectivity index (χ0) is 19.3. The van der Waals surface area contributed by atoms with Crippen LogP contribution >= 0.6 is 11.6 Å². The summed E-state index contributed by atoms with van der Waals surface area (Å²) in [6.07, 6.45) is -0.926. The molecule has 1 N–H and O–H groups in total. The predicted octanol–water partition coefficient (Wildman–Crippen LogP) is 4.62. The van der Waals surface area contributed by atoms with Crippen LogP contribution in [0.5, 0.6) is 5.75 Å². The molecule has 6 heteroatoms. The third kappa shape index (κ3) is 5.49. The molecule has 2 aromatic carbocycles. The molecular formula is C20H22ClNO4. The van der Waals surface area contributed by atoms with Gasteiger partial charge in [-0.25, -0.2) is 4.79 Å². The van der Waals surface area contributed by atoms with Crippen molar-refractivity contribution in [3.05, 3.63) is 58.6 Å². The van der Waals surface area contributed by atoms with Crippen LogP contribution in [0.25, 0.3) is 0 Å². The third-order valence-corrected chi connectivity index (χ3v) is 3.78. The van der Waals surface area contributed by atoms with Gasteiger partial charge in [0.25, 0.3) is 5.91 Å². The first-order valence-corrected chi connectivity index (χ1v) is 8.68. The van der Waals surface area contributed by atoms with Crippen molar-refractivity contribution in [1.82, 2.24) is 0 Å². The molecule has 1 atom stereocenters. The van der Waals surface area contributed by atoms with E-state index in [4.69, 9.17) is 21.1 Å². The van der Waals surface area contributed by atoms with Gasteiger partial charge in [-0.2, -0.15) is 0 Å². The maximum Gasteiger partial charge on any atom is 0.347 e. The number of carbonyl (C=O) groups is 2. The summed E-state index contributed by atoms with van der Waals surface area (Å²) in [7, 11) is 0. The summed E-state index contributed by atoms with van der Waals surface area (Å²) < 4.78 is 10.6. The molecule has 0 aliphatic rings. The standard InChI is InChI=1S/C20H22ClNO4/c1-12(2)25-20(24)14(4)26-17-8-5-15(6-9-17)19(23)22-18-10-7-16(21)11-13(18)3/h5-12,14H,1-4H3,(H,22,23)/t14-/m0/s1. The van der Waals surface area contributed by atoms with E-state index in [0.717, 1.165) is 5.56 Å². The van der Waals surface area contributed by atoms with Gasteiger partial charge in [0.2, 0.25) is 0 Å². The molecule has 2 rings (SSSR count). The van der Waals surface area contributed by atoms with Crippen LogP contribution in [0, 0.1) is 6.92 Å². The summed E-state index contributed by atoms with van der Waals surface area (Å²) >= 11 is 5.92. The van der Waals surface area contributed by atoms with Gasteiger partial charge in [-0.15, -0.1) is 0 Å². The van der Waals surface area contributed by atoms with Gasteiger partial charge in [0.05, 0.1) is 6.10 Å². The Morgan fingerprint density at radius 3 is 2.27 bits per heavy atom. The van der Waals surface area contributed by atoms with E-state index >= 15 is 0 Å². The molecule has 0 saturated heterocycles. The third-order valence-electron chi connectivity index (χ3n) is 3.55. The quantitative estimate of drug-likeness (QED) is 0.748. The number of amides is 1. The lowest BCUT2D eigenvalue weighted by atomic mass is 10.1. The largest absolute Gasteiger partial charge is 0.479 e. The highest BCUT2D eigenvalue weighted by molar-refractivity contribution is 6.30. The summed E-state index contributed by atoms with van der Waals surface area (Å²) in [5.41, 5.74) is 2.05. The predicted molar refractivity (Wildman–Crippen MR) is 102 cm³/mol. The Hall–Kier alpha value is -2.53. The van der Waals surface area contributed by atoms with Crippen LogP contribution < -0.4 is 10.1 Å². The minimum atomic E-state index is -0.728. The Bertz CT molecular complexity index is 787. The fraction of sp³-hybridized carbons (Fsp3) is 0.300. The second-order valence-electron chi connectivity index (χ2n) is 6.18. The fourth-order valence-corrected chi connectivity index (χ4v) is 2.45. The Morgan fingerprint density at radius 2 is 1.69 bits per heavy atom. The monoisotopic (exact) mass is 375 g/mol. The van der Waals surface area contributed by atoms with Crippen LogP contribution in [-0.4, -0.2) is 24.1 Å². The lowest BCUT2D eigenvalue weighted by Gasteiger charge is -2.16. The normalized spacial score (nSPS) is 11.8. The first kappa shape index (κ1) is 19.8. The van der Waals surface area contributed by atoms with E-state index in [-0.39, 0.29) is 12.0 Å². The van der Waals surface area contributed by atoms with Crippen LogP contribution in [0.15, 0.2) is 42.5 Å². The number of carbonyl (C=O) groups excluding carboxylic acids is 2. The van der Waals surface area contributed by atoms with Crippen molar-refractivity contribution in [3.8, 4) is 5.75 Å². The second kappa shape index (κ2) is 8.72. The van der Waals surface area contributed by atoms with Gasteiger partial charge >= 0.3 is 5.97 Å². The maximum absolute atomic E-state index is 12.4. The SMILES string of the molecule is Cc1cc(Cl)ccc1NC(=O)c1ccc(O[C@@H](C)C(=O)OC(C)C)cc1. The molecule has 0 radical (unpaired) electrons. The number of benzene rings is 2. The molecule has 138 valence electrons. The molecule has 0 spiro atoms. The number of aryl methyl sites for hydroxylation is 1. The molecule has 0 aliphatic heterocycles. The van der Waals surface area contributed by atoms with Crippen LogP contribution in [0.1, 0.15) is 36.7 Å². The molecule has 5 nitrogen and oxygen atoms in total. The van der Waals surface area contributed by atoms with E-state index in [9.17, 15) is 9.59 Å². The van der Waals surface area contributed by atoms with Gasteiger partial charge in [-0.3, -0.25) is 4.79 Å². The Kier molecular flexibility index (Phi) is 6.64. The summed E-state index contributed by atoms with van der Waals surface area (Å²) in [4.78, 5) is 24.1. The van der Waals surface area contributed by atoms with Crippen molar-refractivity contribution in [2.24, 2.45) is 0 Å². The number of nitrogens with one attached hydrogen (secondary N) is 1. The van der Waals surface area contributed by atoms with Crippen LogP contribution in [0.4, 0.5) is 5.69 Å². The maximum atomic E-state index is 12.4. The Balaban J connectivity index is 2.00. The van der Waals surface area contributed by atoms with Crippen LogP contribution in [0.3, 0.4) is 0 Å². The van der Waals surface area contributed by atoms with Crippen molar-refractivity contribution in [3.63, 3.8) is 0 Å². The van der Waals surface area contributed by atoms with Crippen LogP contribution in [0.2, 0.25) is 5.02 Å². The van der Waals surface area contributed by atoms with Crippen LogP contribution in [-0.2, 0) is 9.53 Å². The fourth-order valence-electron chi connectivity index (χ4n) is 2.23. The number of anilines is 1. The average Bonchev–Trinajstić information content (AvgIpc) is 2.57. The first-order chi connectivity index (χ1) is 12.3. The lowest BCUT2D eigenvalue weighted by molar-refractivity contribution is -0.154. The smallest absolute Gasteiger partial charge is 0.347 e. The van der Waals surface area contributed by atoms with Gasteiger partial charge in [0.15, 0.2) is 6.10 Å². The molecule has 2 aromatic rings. The zero-order valence-electron chi connectivity index (χ0n) is 15.2. The summed E-state index contributed by atoms with van der Waals surface area (Å²) in [6, 6.07) is 11.8. The number of hydrogen-bond donors (Lipinski definition) is 1. The molecule has 0 bridgehead atoms. The second-order valence-corrected chi connectivity index (χ2v) is 6.62. The van der Waals surface area contributed by atoms with Gasteiger partial charge in [-0.05, 0) is 75.7 Å². The van der Waals surface area contributed by atoms with Gasteiger partial charge in [0.1, 0.15) is 5.75 Å². The van der Waals surface area contributed by atoms with E-state index in [1.54, 1.807) is 63.2 Å². The Labute approximate surface area is 158 Å². The van der Waals surface area contributed by atoms with Crippen molar-refractivity contribution in [1.29, 1.82) is 0 Å². The van der Waals surface area contributed by atoms with Crippen molar-refractivity contribution in [2.45, 2.75) is 39.9 Å². The van der Waals surface area contributed by atoms with E-state index in [1.165, 1.54) is 0 Å². The highest BCUT2D eigenvalue weighted by atomic mass is 35.5. The minimum Gasteiger partial charge on any atom is -0.479 e. The molecular weight excluding hydrogens is 354 g/mol. The average molecular weight is 376 g/mol. The molecule has 0 heterocycles. The first-order valence-electron chi connectivity index (χ1n) is 8.31. The topological polar surface area (TPSA) is 64.6 Å². The molecule has 0 aliphatic carbocycles. The van der Waals surface area contributed by atoms with Gasteiger partial charge in [-0.1, -0.05) is 11.6 Å².